The van der Waals surface area contributed by atoms with Crippen LogP contribution in [0.3, 0.4) is 0 Å². The van der Waals surface area contributed by atoms with Crippen LogP contribution in [0.2, 0.25) is 5.02 Å². The van der Waals surface area contributed by atoms with Gasteiger partial charge in [0.05, 0.1) is 10.5 Å². The van der Waals surface area contributed by atoms with Crippen molar-refractivity contribution in [3.05, 3.63) is 27.5 Å². The predicted octanol–water partition coefficient (Wildman–Crippen LogP) is 3.29. The Morgan fingerprint density at radius 2 is 2.25 bits per heavy atom. The van der Waals surface area contributed by atoms with Gasteiger partial charge in [0, 0.05) is 0 Å². The molecule has 0 unspecified atom stereocenters. The molecule has 0 saturated carbocycles. The molecule has 0 amide bonds. The maximum absolute atomic E-state index is 6.04. The van der Waals surface area contributed by atoms with E-state index in [1.54, 1.807) is 0 Å². The minimum Gasteiger partial charge on any atom is -0.332 e. The molecule has 0 atom stereocenters. The normalized spacial score (nSPS) is 10.9. The maximum atomic E-state index is 6.04. The van der Waals surface area contributed by atoms with Crippen molar-refractivity contribution in [3.8, 4) is 0 Å². The Kier molecular flexibility index (Phi) is 1.85. The molecule has 2 rings (SSSR count). The van der Waals surface area contributed by atoms with Crippen LogP contribution in [0.25, 0.3) is 11.0 Å². The van der Waals surface area contributed by atoms with E-state index >= 15 is 0 Å². The standard InChI is InChI=1S/C8H6BrClN2/c1-4-2-3-5-7(6(4)10)12-8(9)11-5/h2-3H,1H3,(H,11,12). The van der Waals surface area contributed by atoms with Gasteiger partial charge in [-0.2, -0.15) is 0 Å². The van der Waals surface area contributed by atoms with Gasteiger partial charge in [-0.25, -0.2) is 4.98 Å². The van der Waals surface area contributed by atoms with Crippen molar-refractivity contribution in [2.45, 2.75) is 6.92 Å². The fourth-order valence-corrected chi connectivity index (χ4v) is 1.71. The second-order valence-corrected chi connectivity index (χ2v) is 3.75. The van der Waals surface area contributed by atoms with Gasteiger partial charge in [-0.3, -0.25) is 0 Å². The first-order valence-corrected chi connectivity index (χ1v) is 4.66. The summed E-state index contributed by atoms with van der Waals surface area (Å²) in [7, 11) is 0. The lowest BCUT2D eigenvalue weighted by Gasteiger charge is -1.95. The van der Waals surface area contributed by atoms with Crippen LogP contribution in [0.1, 0.15) is 5.56 Å². The van der Waals surface area contributed by atoms with Crippen molar-refractivity contribution in [1.29, 1.82) is 0 Å². The monoisotopic (exact) mass is 244 g/mol. The Hall–Kier alpha value is -0.540. The molecule has 4 heteroatoms. The molecule has 1 N–H and O–H groups in total. The number of nitrogens with one attached hydrogen (secondary N) is 1. The van der Waals surface area contributed by atoms with Gasteiger partial charge in [-0.1, -0.05) is 17.7 Å². The molecule has 0 aliphatic rings. The van der Waals surface area contributed by atoms with Crippen LogP contribution in [-0.4, -0.2) is 9.97 Å². The lowest BCUT2D eigenvalue weighted by atomic mass is 10.2. The smallest absolute Gasteiger partial charge is 0.175 e. The molecule has 1 heterocycles. The molecule has 0 saturated heterocycles. The fraction of sp³-hybridized carbons (Fsp3) is 0.125. The molecule has 0 aliphatic heterocycles. The third-order valence-corrected chi connectivity index (χ3v) is 2.61. The van der Waals surface area contributed by atoms with Crippen molar-refractivity contribution < 1.29 is 0 Å². The highest BCUT2D eigenvalue weighted by Crippen LogP contribution is 2.25. The molecule has 0 aliphatic carbocycles. The Labute approximate surface area is 83.1 Å². The van der Waals surface area contributed by atoms with Crippen molar-refractivity contribution >= 4 is 38.6 Å². The Morgan fingerprint density at radius 3 is 3.00 bits per heavy atom. The third kappa shape index (κ3) is 1.13. The Bertz CT molecular complexity index is 436. The fourth-order valence-electron chi connectivity index (χ4n) is 1.11. The van der Waals surface area contributed by atoms with Gasteiger partial charge in [-0.05, 0) is 34.5 Å². The average molecular weight is 246 g/mol. The second-order valence-electron chi connectivity index (χ2n) is 2.62. The zero-order valence-corrected chi connectivity index (χ0v) is 8.70. The van der Waals surface area contributed by atoms with E-state index in [-0.39, 0.29) is 0 Å². The van der Waals surface area contributed by atoms with Crippen LogP contribution in [0.5, 0.6) is 0 Å². The van der Waals surface area contributed by atoms with Crippen molar-refractivity contribution in [2.75, 3.05) is 0 Å². The molecule has 2 nitrogen and oxygen atoms in total. The van der Waals surface area contributed by atoms with E-state index in [2.05, 4.69) is 25.9 Å². The van der Waals surface area contributed by atoms with Crippen LogP contribution in [0.15, 0.2) is 16.9 Å². The first-order valence-electron chi connectivity index (χ1n) is 3.49. The number of nitrogens with zero attached hydrogens (tertiary/aromatic N) is 1. The number of halogens is 2. The maximum Gasteiger partial charge on any atom is 0.175 e. The molecular formula is C8H6BrClN2. The summed E-state index contributed by atoms with van der Waals surface area (Å²) in [6, 6.07) is 3.93. The second kappa shape index (κ2) is 2.75. The number of imidazole rings is 1. The summed E-state index contributed by atoms with van der Waals surface area (Å²) < 4.78 is 0.713. The number of hydrogen-bond acceptors (Lipinski definition) is 1. The summed E-state index contributed by atoms with van der Waals surface area (Å²) in [5.74, 6) is 0. The van der Waals surface area contributed by atoms with E-state index in [1.165, 1.54) is 0 Å². The number of rotatable bonds is 0. The Balaban J connectivity index is 2.89. The number of fused-ring (bicyclic) bond motifs is 1. The van der Waals surface area contributed by atoms with Crippen LogP contribution in [0.4, 0.5) is 0 Å². The molecule has 12 heavy (non-hydrogen) atoms. The van der Waals surface area contributed by atoms with E-state index in [9.17, 15) is 0 Å². The van der Waals surface area contributed by atoms with E-state index in [0.717, 1.165) is 21.6 Å². The highest BCUT2D eigenvalue weighted by Gasteiger charge is 2.05. The lowest BCUT2D eigenvalue weighted by molar-refractivity contribution is 1.27. The van der Waals surface area contributed by atoms with E-state index < -0.39 is 0 Å². The Morgan fingerprint density at radius 1 is 1.50 bits per heavy atom. The van der Waals surface area contributed by atoms with Gasteiger partial charge in [0.1, 0.15) is 5.52 Å². The minimum atomic E-state index is 0.713. The zero-order chi connectivity index (χ0) is 8.72. The molecule has 1 aromatic carbocycles. The van der Waals surface area contributed by atoms with Gasteiger partial charge < -0.3 is 4.98 Å². The quantitative estimate of drug-likeness (QED) is 0.758. The van der Waals surface area contributed by atoms with E-state index in [4.69, 9.17) is 11.6 Å². The number of benzene rings is 1. The zero-order valence-electron chi connectivity index (χ0n) is 6.36. The number of aryl methyl sites for hydroxylation is 1. The largest absolute Gasteiger partial charge is 0.332 e. The van der Waals surface area contributed by atoms with Gasteiger partial charge in [0.2, 0.25) is 0 Å². The molecule has 0 spiro atoms. The van der Waals surface area contributed by atoms with Gasteiger partial charge in [0.25, 0.3) is 0 Å². The molecule has 0 fully saturated rings. The van der Waals surface area contributed by atoms with Crippen molar-refractivity contribution in [2.24, 2.45) is 0 Å². The minimum absolute atomic E-state index is 0.713. The molecule has 0 radical (unpaired) electrons. The predicted molar refractivity (Wildman–Crippen MR) is 53.5 cm³/mol. The summed E-state index contributed by atoms with van der Waals surface area (Å²) in [6.45, 7) is 1.96. The average Bonchev–Trinajstić information content (AvgIpc) is 2.39. The van der Waals surface area contributed by atoms with Crippen LogP contribution in [0, 0.1) is 6.92 Å². The third-order valence-electron chi connectivity index (χ3n) is 1.76. The first-order chi connectivity index (χ1) is 5.68. The summed E-state index contributed by atoms with van der Waals surface area (Å²) >= 11 is 9.29. The highest BCUT2D eigenvalue weighted by atomic mass is 79.9. The number of hydrogen-bond donors (Lipinski definition) is 1. The lowest BCUT2D eigenvalue weighted by Crippen LogP contribution is -1.76. The van der Waals surface area contributed by atoms with Crippen molar-refractivity contribution in [3.63, 3.8) is 0 Å². The summed E-state index contributed by atoms with van der Waals surface area (Å²) in [5.41, 5.74) is 2.82. The molecular weight excluding hydrogens is 239 g/mol. The van der Waals surface area contributed by atoms with E-state index in [1.807, 2.05) is 19.1 Å². The number of aromatic amines is 1. The van der Waals surface area contributed by atoms with Crippen LogP contribution in [-0.2, 0) is 0 Å². The van der Waals surface area contributed by atoms with Gasteiger partial charge in [-0.15, -0.1) is 0 Å². The van der Waals surface area contributed by atoms with Gasteiger partial charge in [0.15, 0.2) is 4.73 Å². The summed E-state index contributed by atoms with van der Waals surface area (Å²) in [5, 5.41) is 0.717. The molecule has 62 valence electrons. The number of aromatic nitrogens is 2. The number of H-pyrrole nitrogens is 1. The highest BCUT2D eigenvalue weighted by molar-refractivity contribution is 9.10. The molecule has 1 aromatic heterocycles. The summed E-state index contributed by atoms with van der Waals surface area (Å²) in [6.07, 6.45) is 0. The topological polar surface area (TPSA) is 28.7 Å². The summed E-state index contributed by atoms with van der Waals surface area (Å²) in [4.78, 5) is 7.25. The first kappa shape index (κ1) is 8.08. The molecule has 2 aromatic rings. The van der Waals surface area contributed by atoms with Crippen LogP contribution >= 0.6 is 27.5 Å². The van der Waals surface area contributed by atoms with Crippen LogP contribution < -0.4 is 0 Å². The van der Waals surface area contributed by atoms with E-state index in [0.29, 0.717) is 4.73 Å². The van der Waals surface area contributed by atoms with Crippen molar-refractivity contribution in [1.82, 2.24) is 9.97 Å². The van der Waals surface area contributed by atoms with Gasteiger partial charge >= 0.3 is 0 Å². The SMILES string of the molecule is Cc1ccc2[nH]c(Br)nc2c1Cl. The molecule has 0 bridgehead atoms.